The van der Waals surface area contributed by atoms with E-state index in [1.165, 1.54) is 18.4 Å². The first kappa shape index (κ1) is 14.1. The van der Waals surface area contributed by atoms with Gasteiger partial charge in [-0.2, -0.15) is 0 Å². The van der Waals surface area contributed by atoms with Crippen molar-refractivity contribution >= 4 is 23.2 Å². The Morgan fingerprint density at radius 1 is 1.42 bits per heavy atom. The zero-order valence-corrected chi connectivity index (χ0v) is 12.2. The maximum atomic E-state index is 12.6. The van der Waals surface area contributed by atoms with Crippen molar-refractivity contribution in [3.8, 4) is 0 Å². The Balaban J connectivity index is 2.18. The molecule has 104 valence electrons. The van der Waals surface area contributed by atoms with Crippen molar-refractivity contribution in [1.82, 2.24) is 4.90 Å². The predicted octanol–water partition coefficient (Wildman–Crippen LogP) is 2.61. The zero-order valence-electron chi connectivity index (χ0n) is 11.3. The Morgan fingerprint density at radius 3 is 2.63 bits per heavy atom. The van der Waals surface area contributed by atoms with Gasteiger partial charge in [0.15, 0.2) is 0 Å². The number of rotatable bonds is 4. The summed E-state index contributed by atoms with van der Waals surface area (Å²) < 4.78 is 4.71. The van der Waals surface area contributed by atoms with E-state index in [-0.39, 0.29) is 24.5 Å². The van der Waals surface area contributed by atoms with Crippen LogP contribution in [0, 0.1) is 6.92 Å². The number of carbonyl (C=O) groups is 2. The largest absolute Gasteiger partial charge is 0.468 e. The molecule has 0 aliphatic heterocycles. The van der Waals surface area contributed by atoms with Gasteiger partial charge >= 0.3 is 5.97 Å². The molecule has 0 radical (unpaired) electrons. The second-order valence-electron chi connectivity index (χ2n) is 4.88. The number of ether oxygens (including phenoxy) is 1. The summed E-state index contributed by atoms with van der Waals surface area (Å²) in [5.74, 6) is -0.390. The van der Waals surface area contributed by atoms with Crippen molar-refractivity contribution in [1.29, 1.82) is 0 Å². The molecule has 5 heteroatoms. The first-order valence-corrected chi connectivity index (χ1v) is 7.43. The first-order valence-electron chi connectivity index (χ1n) is 6.55. The molecule has 1 fully saturated rings. The second-order valence-corrected chi connectivity index (χ2v) is 5.80. The SMILES string of the molecule is COC(=O)CN(C(=O)c1sccc1C)C1CCCC1. The van der Waals surface area contributed by atoms with Gasteiger partial charge in [0.2, 0.25) is 0 Å². The van der Waals surface area contributed by atoms with E-state index in [0.717, 1.165) is 36.1 Å². The fourth-order valence-electron chi connectivity index (χ4n) is 2.51. The number of carbonyl (C=O) groups excluding carboxylic acids is 2. The lowest BCUT2D eigenvalue weighted by molar-refractivity contribution is -0.141. The van der Waals surface area contributed by atoms with Gasteiger partial charge in [-0.1, -0.05) is 12.8 Å². The highest BCUT2D eigenvalue weighted by molar-refractivity contribution is 7.12. The van der Waals surface area contributed by atoms with Crippen LogP contribution in [-0.2, 0) is 9.53 Å². The number of thiophene rings is 1. The molecular formula is C14H19NO3S. The van der Waals surface area contributed by atoms with Crippen LogP contribution in [0.25, 0.3) is 0 Å². The van der Waals surface area contributed by atoms with Crippen molar-refractivity contribution in [2.45, 2.75) is 38.6 Å². The quantitative estimate of drug-likeness (QED) is 0.797. The molecule has 19 heavy (non-hydrogen) atoms. The summed E-state index contributed by atoms with van der Waals surface area (Å²) in [5, 5.41) is 1.91. The van der Waals surface area contributed by atoms with Crippen LogP contribution in [0.2, 0.25) is 0 Å². The number of aryl methyl sites for hydroxylation is 1. The lowest BCUT2D eigenvalue weighted by Crippen LogP contribution is -2.42. The Hall–Kier alpha value is -1.36. The molecule has 0 aromatic carbocycles. The monoisotopic (exact) mass is 281 g/mol. The third-order valence-corrected chi connectivity index (χ3v) is 4.61. The number of amides is 1. The zero-order chi connectivity index (χ0) is 13.8. The molecule has 0 atom stereocenters. The van der Waals surface area contributed by atoms with Crippen molar-refractivity contribution < 1.29 is 14.3 Å². The Kier molecular flexibility index (Phi) is 4.58. The average Bonchev–Trinajstić information content (AvgIpc) is 3.05. The van der Waals surface area contributed by atoms with Crippen LogP contribution in [0.3, 0.4) is 0 Å². The topological polar surface area (TPSA) is 46.6 Å². The summed E-state index contributed by atoms with van der Waals surface area (Å²) in [6, 6.07) is 2.11. The molecule has 1 aliphatic rings. The lowest BCUT2D eigenvalue weighted by atomic mass is 10.2. The highest BCUT2D eigenvalue weighted by Crippen LogP contribution is 2.27. The van der Waals surface area contributed by atoms with Crippen molar-refractivity contribution in [3.63, 3.8) is 0 Å². The normalized spacial score (nSPS) is 15.5. The van der Waals surface area contributed by atoms with Crippen LogP contribution in [0.5, 0.6) is 0 Å². The first-order chi connectivity index (χ1) is 9.13. The molecule has 0 saturated heterocycles. The molecule has 0 unspecified atom stereocenters. The van der Waals surface area contributed by atoms with E-state index in [1.54, 1.807) is 4.90 Å². The molecule has 0 N–H and O–H groups in total. The van der Waals surface area contributed by atoms with E-state index in [1.807, 2.05) is 18.4 Å². The van der Waals surface area contributed by atoms with E-state index in [2.05, 4.69) is 0 Å². The van der Waals surface area contributed by atoms with Gasteiger partial charge in [-0.15, -0.1) is 11.3 Å². The minimum atomic E-state index is -0.352. The molecule has 1 amide bonds. The molecule has 4 nitrogen and oxygen atoms in total. The maximum Gasteiger partial charge on any atom is 0.325 e. The fraction of sp³-hybridized carbons (Fsp3) is 0.571. The van der Waals surface area contributed by atoms with E-state index in [9.17, 15) is 9.59 Å². The van der Waals surface area contributed by atoms with Crippen LogP contribution >= 0.6 is 11.3 Å². The number of nitrogens with zero attached hydrogens (tertiary/aromatic N) is 1. The molecule has 2 rings (SSSR count). The van der Waals surface area contributed by atoms with Crippen LogP contribution < -0.4 is 0 Å². The molecule has 0 bridgehead atoms. The van der Waals surface area contributed by atoms with Crippen molar-refractivity contribution in [2.75, 3.05) is 13.7 Å². The highest BCUT2D eigenvalue weighted by atomic mass is 32.1. The highest BCUT2D eigenvalue weighted by Gasteiger charge is 2.30. The number of hydrogen-bond donors (Lipinski definition) is 0. The second kappa shape index (κ2) is 6.19. The molecule has 1 heterocycles. The minimum Gasteiger partial charge on any atom is -0.468 e. The minimum absolute atomic E-state index is 0.0372. The predicted molar refractivity (Wildman–Crippen MR) is 74.4 cm³/mol. The summed E-state index contributed by atoms with van der Waals surface area (Å²) in [4.78, 5) is 26.5. The molecule has 0 spiro atoms. The van der Waals surface area contributed by atoms with Gasteiger partial charge < -0.3 is 9.64 Å². The van der Waals surface area contributed by atoms with Crippen molar-refractivity contribution in [2.24, 2.45) is 0 Å². The Bertz CT molecular complexity index is 463. The van der Waals surface area contributed by atoms with Gasteiger partial charge in [0.1, 0.15) is 6.54 Å². The van der Waals surface area contributed by atoms with Gasteiger partial charge in [0, 0.05) is 6.04 Å². The molecule has 1 saturated carbocycles. The van der Waals surface area contributed by atoms with Crippen molar-refractivity contribution in [3.05, 3.63) is 21.9 Å². The number of methoxy groups -OCH3 is 1. The van der Waals surface area contributed by atoms with E-state index in [4.69, 9.17) is 4.74 Å². The van der Waals surface area contributed by atoms with E-state index < -0.39 is 0 Å². The van der Waals surface area contributed by atoms with Gasteiger partial charge in [-0.05, 0) is 36.8 Å². The van der Waals surface area contributed by atoms with E-state index >= 15 is 0 Å². The van der Waals surface area contributed by atoms with Crippen LogP contribution in [-0.4, -0.2) is 36.5 Å². The van der Waals surface area contributed by atoms with Gasteiger partial charge in [-0.3, -0.25) is 9.59 Å². The summed E-state index contributed by atoms with van der Waals surface area (Å²) in [6.07, 6.45) is 4.21. The van der Waals surface area contributed by atoms with Gasteiger partial charge in [0.05, 0.1) is 12.0 Å². The van der Waals surface area contributed by atoms with Gasteiger partial charge in [0.25, 0.3) is 5.91 Å². The molecule has 1 aliphatic carbocycles. The number of esters is 1. The fourth-order valence-corrected chi connectivity index (χ4v) is 3.39. The summed E-state index contributed by atoms with van der Waals surface area (Å²) in [6.45, 7) is 1.98. The average molecular weight is 281 g/mol. The summed E-state index contributed by atoms with van der Waals surface area (Å²) >= 11 is 1.44. The van der Waals surface area contributed by atoms with Crippen LogP contribution in [0.15, 0.2) is 11.4 Å². The number of hydrogen-bond acceptors (Lipinski definition) is 4. The third-order valence-electron chi connectivity index (χ3n) is 3.61. The smallest absolute Gasteiger partial charge is 0.325 e. The van der Waals surface area contributed by atoms with E-state index in [0.29, 0.717) is 0 Å². The summed E-state index contributed by atoms with van der Waals surface area (Å²) in [7, 11) is 1.36. The van der Waals surface area contributed by atoms with Crippen LogP contribution in [0.4, 0.5) is 0 Å². The molecular weight excluding hydrogens is 262 g/mol. The molecule has 1 aromatic rings. The van der Waals surface area contributed by atoms with Crippen LogP contribution in [0.1, 0.15) is 40.9 Å². The Labute approximate surface area is 117 Å². The molecule has 1 aromatic heterocycles. The van der Waals surface area contributed by atoms with Gasteiger partial charge in [-0.25, -0.2) is 0 Å². The maximum absolute atomic E-state index is 12.6. The Morgan fingerprint density at radius 2 is 2.11 bits per heavy atom. The standard InChI is InChI=1S/C14H19NO3S/c1-10-7-8-19-13(10)14(17)15(9-12(16)18-2)11-5-3-4-6-11/h7-8,11H,3-6,9H2,1-2H3. The lowest BCUT2D eigenvalue weighted by Gasteiger charge is -2.27. The third kappa shape index (κ3) is 3.15. The summed E-state index contributed by atoms with van der Waals surface area (Å²) in [5.41, 5.74) is 0.975.